The summed E-state index contributed by atoms with van der Waals surface area (Å²) in [5.74, 6) is 0. The van der Waals surface area contributed by atoms with Gasteiger partial charge < -0.3 is 4.57 Å². The van der Waals surface area contributed by atoms with E-state index in [-0.39, 0.29) is 0 Å². The van der Waals surface area contributed by atoms with Gasteiger partial charge in [-0.05, 0) is 41.8 Å². The summed E-state index contributed by atoms with van der Waals surface area (Å²) < 4.78 is 2.37. The quantitative estimate of drug-likeness (QED) is 0.361. The number of aromatic nitrogens is 1. The Morgan fingerprint density at radius 2 is 1.19 bits per heavy atom. The summed E-state index contributed by atoms with van der Waals surface area (Å²) in [5, 5.41) is 2.67. The number of benzene rings is 4. The maximum absolute atomic E-state index is 2.37. The molecule has 0 amide bonds. The van der Waals surface area contributed by atoms with Crippen molar-refractivity contribution < 1.29 is 0 Å². The third kappa shape index (κ3) is 2.41. The zero-order chi connectivity index (χ0) is 17.3. The van der Waals surface area contributed by atoms with Gasteiger partial charge in [0.25, 0.3) is 0 Å². The highest BCUT2D eigenvalue weighted by Crippen LogP contribution is 2.34. The van der Waals surface area contributed by atoms with Gasteiger partial charge in [0.1, 0.15) is 0 Å². The Hall–Kier alpha value is -3.32. The van der Waals surface area contributed by atoms with Crippen molar-refractivity contribution in [1.82, 2.24) is 4.57 Å². The molecule has 0 radical (unpaired) electrons. The molecular formula is C25H19N. The van der Waals surface area contributed by atoms with Crippen molar-refractivity contribution >= 4 is 21.8 Å². The van der Waals surface area contributed by atoms with Gasteiger partial charge in [-0.3, -0.25) is 0 Å². The van der Waals surface area contributed by atoms with Gasteiger partial charge in [-0.2, -0.15) is 0 Å². The number of hydrogen-bond acceptors (Lipinski definition) is 0. The molecule has 0 aliphatic rings. The fourth-order valence-electron chi connectivity index (χ4n) is 3.91. The molecule has 0 saturated heterocycles. The van der Waals surface area contributed by atoms with E-state index in [1.54, 1.807) is 0 Å². The summed E-state index contributed by atoms with van der Waals surface area (Å²) in [6.07, 6.45) is 0.945. The molecule has 124 valence electrons. The molecular weight excluding hydrogens is 314 g/mol. The van der Waals surface area contributed by atoms with Crippen molar-refractivity contribution in [2.75, 3.05) is 0 Å². The summed E-state index contributed by atoms with van der Waals surface area (Å²) >= 11 is 0. The van der Waals surface area contributed by atoms with Gasteiger partial charge in [0.05, 0.1) is 11.0 Å². The van der Waals surface area contributed by atoms with Crippen LogP contribution in [0.25, 0.3) is 27.5 Å². The predicted octanol–water partition coefficient (Wildman–Crippen LogP) is 6.37. The standard InChI is InChI=1S/C25H19N/c1-3-10-19(11-4-1)18-20-12-9-17-24-25(20)22-15-7-8-16-23(22)26(24)21-13-5-2-6-14-21/h1-17H,18H2. The van der Waals surface area contributed by atoms with Crippen molar-refractivity contribution in [1.29, 1.82) is 0 Å². The molecule has 0 atom stereocenters. The van der Waals surface area contributed by atoms with Crippen molar-refractivity contribution in [3.8, 4) is 5.69 Å². The third-order valence-electron chi connectivity index (χ3n) is 5.04. The summed E-state index contributed by atoms with van der Waals surface area (Å²) in [6, 6.07) is 36.7. The Morgan fingerprint density at radius 3 is 2.00 bits per heavy atom. The van der Waals surface area contributed by atoms with Crippen LogP contribution in [0, 0.1) is 0 Å². The summed E-state index contributed by atoms with van der Waals surface area (Å²) in [5.41, 5.74) is 6.45. The van der Waals surface area contributed by atoms with Crippen LogP contribution in [-0.4, -0.2) is 4.57 Å². The number of rotatable bonds is 3. The normalized spacial score (nSPS) is 11.2. The summed E-state index contributed by atoms with van der Waals surface area (Å²) in [4.78, 5) is 0. The SMILES string of the molecule is c1ccc(Cc2cccc3c2c2ccccc2n3-c2ccccc2)cc1. The first kappa shape index (κ1) is 15.0. The van der Waals surface area contributed by atoms with E-state index in [9.17, 15) is 0 Å². The Kier molecular flexibility index (Phi) is 3.57. The molecule has 0 bridgehead atoms. The van der Waals surface area contributed by atoms with E-state index in [1.165, 1.54) is 38.6 Å². The second-order valence-electron chi connectivity index (χ2n) is 6.66. The van der Waals surface area contributed by atoms with E-state index in [0.717, 1.165) is 6.42 Å². The second kappa shape index (κ2) is 6.20. The molecule has 1 nitrogen and oxygen atoms in total. The molecule has 0 aliphatic heterocycles. The smallest absolute Gasteiger partial charge is 0.0543 e. The van der Waals surface area contributed by atoms with Crippen molar-refractivity contribution in [2.24, 2.45) is 0 Å². The minimum absolute atomic E-state index is 0.945. The lowest BCUT2D eigenvalue weighted by Gasteiger charge is -2.08. The molecule has 26 heavy (non-hydrogen) atoms. The minimum Gasteiger partial charge on any atom is -0.309 e. The van der Waals surface area contributed by atoms with Gasteiger partial charge in [-0.15, -0.1) is 0 Å². The van der Waals surface area contributed by atoms with Crippen LogP contribution in [0.4, 0.5) is 0 Å². The average Bonchev–Trinajstić information content (AvgIpc) is 3.05. The number of fused-ring (bicyclic) bond motifs is 3. The van der Waals surface area contributed by atoms with Crippen LogP contribution in [0.15, 0.2) is 103 Å². The summed E-state index contributed by atoms with van der Waals surface area (Å²) in [6.45, 7) is 0. The average molecular weight is 333 g/mol. The van der Waals surface area contributed by atoms with E-state index in [1.807, 2.05) is 0 Å². The van der Waals surface area contributed by atoms with Crippen LogP contribution in [-0.2, 0) is 6.42 Å². The van der Waals surface area contributed by atoms with Crippen LogP contribution in [0.1, 0.15) is 11.1 Å². The Bertz CT molecular complexity index is 1180. The second-order valence-corrected chi connectivity index (χ2v) is 6.66. The Labute approximate surface area is 153 Å². The largest absolute Gasteiger partial charge is 0.309 e. The topological polar surface area (TPSA) is 4.93 Å². The molecule has 4 aromatic carbocycles. The maximum Gasteiger partial charge on any atom is 0.0543 e. The zero-order valence-electron chi connectivity index (χ0n) is 14.5. The molecule has 0 aliphatic carbocycles. The highest BCUT2D eigenvalue weighted by Gasteiger charge is 2.14. The molecule has 5 rings (SSSR count). The van der Waals surface area contributed by atoms with Gasteiger partial charge in [-0.25, -0.2) is 0 Å². The van der Waals surface area contributed by atoms with E-state index in [4.69, 9.17) is 0 Å². The van der Waals surface area contributed by atoms with Gasteiger partial charge >= 0.3 is 0 Å². The van der Waals surface area contributed by atoms with E-state index >= 15 is 0 Å². The lowest BCUT2D eigenvalue weighted by molar-refractivity contribution is 1.17. The highest BCUT2D eigenvalue weighted by atomic mass is 15.0. The van der Waals surface area contributed by atoms with Crippen molar-refractivity contribution in [3.05, 3.63) is 114 Å². The summed E-state index contributed by atoms with van der Waals surface area (Å²) in [7, 11) is 0. The molecule has 5 aromatic rings. The number of nitrogens with zero attached hydrogens (tertiary/aromatic N) is 1. The van der Waals surface area contributed by atoms with E-state index in [2.05, 4.69) is 108 Å². The molecule has 0 saturated carbocycles. The van der Waals surface area contributed by atoms with Crippen LogP contribution in [0.5, 0.6) is 0 Å². The van der Waals surface area contributed by atoms with Crippen LogP contribution < -0.4 is 0 Å². The molecule has 1 heteroatoms. The molecule has 0 N–H and O–H groups in total. The van der Waals surface area contributed by atoms with Gasteiger partial charge in [0.2, 0.25) is 0 Å². The third-order valence-corrected chi connectivity index (χ3v) is 5.04. The van der Waals surface area contributed by atoms with Crippen LogP contribution >= 0.6 is 0 Å². The molecule has 0 fully saturated rings. The van der Waals surface area contributed by atoms with Gasteiger partial charge in [0.15, 0.2) is 0 Å². The van der Waals surface area contributed by atoms with Crippen molar-refractivity contribution in [3.63, 3.8) is 0 Å². The monoisotopic (exact) mass is 333 g/mol. The number of para-hydroxylation sites is 2. The zero-order valence-corrected chi connectivity index (χ0v) is 14.5. The Morgan fingerprint density at radius 1 is 0.538 bits per heavy atom. The first-order valence-electron chi connectivity index (χ1n) is 9.02. The predicted molar refractivity (Wildman–Crippen MR) is 110 cm³/mol. The first-order valence-corrected chi connectivity index (χ1v) is 9.02. The van der Waals surface area contributed by atoms with Gasteiger partial charge in [0, 0.05) is 16.5 Å². The lowest BCUT2D eigenvalue weighted by atomic mass is 9.99. The van der Waals surface area contributed by atoms with Crippen LogP contribution in [0.3, 0.4) is 0 Å². The number of hydrogen-bond donors (Lipinski definition) is 0. The van der Waals surface area contributed by atoms with E-state index < -0.39 is 0 Å². The molecule has 0 spiro atoms. The Balaban J connectivity index is 1.82. The lowest BCUT2D eigenvalue weighted by Crippen LogP contribution is -1.93. The van der Waals surface area contributed by atoms with Crippen molar-refractivity contribution in [2.45, 2.75) is 6.42 Å². The molecule has 1 heterocycles. The molecule has 0 unspecified atom stereocenters. The van der Waals surface area contributed by atoms with E-state index in [0.29, 0.717) is 0 Å². The first-order chi connectivity index (χ1) is 12.9. The maximum atomic E-state index is 2.37. The molecule has 1 aromatic heterocycles. The fraction of sp³-hybridized carbons (Fsp3) is 0.0400. The fourth-order valence-corrected chi connectivity index (χ4v) is 3.91. The van der Waals surface area contributed by atoms with Crippen LogP contribution in [0.2, 0.25) is 0 Å². The van der Waals surface area contributed by atoms with Gasteiger partial charge in [-0.1, -0.05) is 78.9 Å². The minimum atomic E-state index is 0.945. The highest BCUT2D eigenvalue weighted by molar-refractivity contribution is 6.11.